The van der Waals surface area contributed by atoms with Gasteiger partial charge in [-0.3, -0.25) is 4.79 Å². The number of nitrogens with two attached hydrogens (primary N) is 1. The van der Waals surface area contributed by atoms with E-state index in [9.17, 15) is 4.79 Å². The Morgan fingerprint density at radius 3 is 2.81 bits per heavy atom. The van der Waals surface area contributed by atoms with E-state index in [1.54, 1.807) is 12.3 Å². The highest BCUT2D eigenvalue weighted by Gasteiger charge is 2.03. The Balaban J connectivity index is 1.68. The van der Waals surface area contributed by atoms with Crippen LogP contribution in [0, 0.1) is 6.92 Å². The molecule has 21 heavy (non-hydrogen) atoms. The normalized spacial score (nSPS) is 10.1. The Hall–Kier alpha value is -2.56. The number of carbonyl (C=O) groups excluding carboxylic acids is 1. The predicted octanol–water partition coefficient (Wildman–Crippen LogP) is 2.20. The van der Waals surface area contributed by atoms with Crippen molar-refractivity contribution in [1.82, 2.24) is 10.3 Å². The standard InChI is InChI=1S/C16H20N4O/c1-12-4-2-5-13(10-12)16(21)19-9-3-8-18-14-6-7-15(17)20-11-14/h2,4-7,10-11,18H,3,8-9H2,1H3,(H2,17,20)(H,19,21). The predicted molar refractivity (Wildman–Crippen MR) is 85.3 cm³/mol. The molecule has 0 fully saturated rings. The minimum absolute atomic E-state index is 0.0344. The van der Waals surface area contributed by atoms with Crippen LogP contribution in [0.2, 0.25) is 0 Å². The molecule has 110 valence electrons. The highest BCUT2D eigenvalue weighted by atomic mass is 16.1. The van der Waals surface area contributed by atoms with Gasteiger partial charge in [-0.25, -0.2) is 4.98 Å². The fraction of sp³-hybridized carbons (Fsp3) is 0.250. The van der Waals surface area contributed by atoms with Crippen molar-refractivity contribution in [3.8, 4) is 0 Å². The third-order valence-corrected chi connectivity index (χ3v) is 3.03. The molecule has 1 heterocycles. The summed E-state index contributed by atoms with van der Waals surface area (Å²) in [5, 5.41) is 6.13. The second-order valence-corrected chi connectivity index (χ2v) is 4.88. The van der Waals surface area contributed by atoms with Crippen molar-refractivity contribution < 1.29 is 4.79 Å². The van der Waals surface area contributed by atoms with Gasteiger partial charge in [0.25, 0.3) is 5.91 Å². The van der Waals surface area contributed by atoms with E-state index >= 15 is 0 Å². The lowest BCUT2D eigenvalue weighted by atomic mass is 10.1. The fourth-order valence-electron chi connectivity index (χ4n) is 1.92. The molecule has 0 aliphatic carbocycles. The molecule has 0 atom stereocenters. The Labute approximate surface area is 124 Å². The van der Waals surface area contributed by atoms with Crippen molar-refractivity contribution in [2.45, 2.75) is 13.3 Å². The summed E-state index contributed by atoms with van der Waals surface area (Å²) < 4.78 is 0. The van der Waals surface area contributed by atoms with Gasteiger partial charge in [0.1, 0.15) is 5.82 Å². The molecular weight excluding hydrogens is 264 g/mol. The average Bonchev–Trinajstić information content (AvgIpc) is 2.48. The molecule has 0 bridgehead atoms. The van der Waals surface area contributed by atoms with Crippen LogP contribution in [0.25, 0.3) is 0 Å². The van der Waals surface area contributed by atoms with E-state index in [0.29, 0.717) is 17.9 Å². The number of benzene rings is 1. The summed E-state index contributed by atoms with van der Waals surface area (Å²) in [6.45, 7) is 3.36. The maximum absolute atomic E-state index is 11.9. The molecule has 0 spiro atoms. The van der Waals surface area contributed by atoms with Crippen LogP contribution in [0.4, 0.5) is 11.5 Å². The molecule has 0 saturated heterocycles. The van der Waals surface area contributed by atoms with Gasteiger partial charge >= 0.3 is 0 Å². The molecule has 0 unspecified atom stereocenters. The number of nitrogens with one attached hydrogen (secondary N) is 2. The van der Waals surface area contributed by atoms with Crippen LogP contribution < -0.4 is 16.4 Å². The van der Waals surface area contributed by atoms with Crippen molar-refractivity contribution in [1.29, 1.82) is 0 Å². The number of hydrogen-bond acceptors (Lipinski definition) is 4. The van der Waals surface area contributed by atoms with E-state index in [0.717, 1.165) is 24.2 Å². The Morgan fingerprint density at radius 2 is 2.10 bits per heavy atom. The first-order valence-electron chi connectivity index (χ1n) is 6.95. The Bertz CT molecular complexity index is 595. The highest BCUT2D eigenvalue weighted by Crippen LogP contribution is 2.06. The van der Waals surface area contributed by atoms with Gasteiger partial charge in [-0.2, -0.15) is 0 Å². The van der Waals surface area contributed by atoms with Crippen LogP contribution >= 0.6 is 0 Å². The minimum atomic E-state index is -0.0344. The first-order valence-corrected chi connectivity index (χ1v) is 6.95. The van der Waals surface area contributed by atoms with Gasteiger partial charge in [-0.1, -0.05) is 17.7 Å². The average molecular weight is 284 g/mol. The van der Waals surface area contributed by atoms with E-state index in [1.807, 2.05) is 37.3 Å². The molecule has 4 N–H and O–H groups in total. The maximum Gasteiger partial charge on any atom is 0.251 e. The van der Waals surface area contributed by atoms with Crippen LogP contribution in [0.3, 0.4) is 0 Å². The molecule has 5 nitrogen and oxygen atoms in total. The number of aryl methyl sites for hydroxylation is 1. The topological polar surface area (TPSA) is 80.0 Å². The molecule has 1 aromatic heterocycles. The molecule has 5 heteroatoms. The maximum atomic E-state index is 11.9. The second-order valence-electron chi connectivity index (χ2n) is 4.88. The largest absolute Gasteiger partial charge is 0.384 e. The van der Waals surface area contributed by atoms with E-state index < -0.39 is 0 Å². The summed E-state index contributed by atoms with van der Waals surface area (Å²) >= 11 is 0. The fourth-order valence-corrected chi connectivity index (χ4v) is 1.92. The number of carbonyl (C=O) groups is 1. The van der Waals surface area contributed by atoms with Crippen LogP contribution in [-0.4, -0.2) is 24.0 Å². The lowest BCUT2D eigenvalue weighted by molar-refractivity contribution is 0.0953. The summed E-state index contributed by atoms with van der Waals surface area (Å²) in [5.74, 6) is 0.471. The molecule has 0 aliphatic heterocycles. The molecule has 0 saturated carbocycles. The molecule has 1 aromatic carbocycles. The molecule has 2 rings (SSSR count). The number of hydrogen-bond donors (Lipinski definition) is 3. The lowest BCUT2D eigenvalue weighted by Crippen LogP contribution is -2.25. The summed E-state index contributed by atoms with van der Waals surface area (Å²) in [7, 11) is 0. The van der Waals surface area contributed by atoms with Gasteiger partial charge in [0.15, 0.2) is 0 Å². The number of rotatable bonds is 6. The van der Waals surface area contributed by atoms with Gasteiger partial charge < -0.3 is 16.4 Å². The molecular formula is C16H20N4O. The van der Waals surface area contributed by atoms with E-state index in [4.69, 9.17) is 5.73 Å². The van der Waals surface area contributed by atoms with Crippen molar-refractivity contribution in [2.75, 3.05) is 24.1 Å². The minimum Gasteiger partial charge on any atom is -0.384 e. The van der Waals surface area contributed by atoms with Crippen LogP contribution in [0.1, 0.15) is 22.3 Å². The number of aromatic nitrogens is 1. The van der Waals surface area contributed by atoms with Gasteiger partial charge in [-0.05, 0) is 37.6 Å². The van der Waals surface area contributed by atoms with Gasteiger partial charge in [0.05, 0.1) is 11.9 Å². The van der Waals surface area contributed by atoms with Crippen LogP contribution in [0.15, 0.2) is 42.6 Å². The highest BCUT2D eigenvalue weighted by molar-refractivity contribution is 5.94. The van der Waals surface area contributed by atoms with Gasteiger partial charge in [-0.15, -0.1) is 0 Å². The van der Waals surface area contributed by atoms with Crippen LogP contribution in [0.5, 0.6) is 0 Å². The SMILES string of the molecule is Cc1cccc(C(=O)NCCCNc2ccc(N)nc2)c1. The summed E-state index contributed by atoms with van der Waals surface area (Å²) in [4.78, 5) is 15.9. The molecule has 1 amide bonds. The number of nitrogen functional groups attached to an aromatic ring is 1. The van der Waals surface area contributed by atoms with Crippen molar-refractivity contribution in [3.63, 3.8) is 0 Å². The first kappa shape index (κ1) is 14.8. The molecule has 2 aromatic rings. The number of amides is 1. The Morgan fingerprint density at radius 1 is 1.24 bits per heavy atom. The van der Waals surface area contributed by atoms with Crippen molar-refractivity contribution in [3.05, 3.63) is 53.7 Å². The zero-order valence-corrected chi connectivity index (χ0v) is 12.1. The van der Waals surface area contributed by atoms with Crippen LogP contribution in [-0.2, 0) is 0 Å². The lowest BCUT2D eigenvalue weighted by Gasteiger charge is -2.08. The quantitative estimate of drug-likeness (QED) is 0.710. The number of nitrogens with zero attached hydrogens (tertiary/aromatic N) is 1. The number of anilines is 2. The summed E-state index contributed by atoms with van der Waals surface area (Å²) in [6.07, 6.45) is 2.53. The van der Waals surface area contributed by atoms with Gasteiger partial charge in [0, 0.05) is 18.7 Å². The first-order chi connectivity index (χ1) is 10.1. The third-order valence-electron chi connectivity index (χ3n) is 3.03. The molecule has 0 aliphatic rings. The zero-order valence-electron chi connectivity index (χ0n) is 12.1. The smallest absolute Gasteiger partial charge is 0.251 e. The van der Waals surface area contributed by atoms with E-state index in [1.165, 1.54) is 0 Å². The Kier molecular flexibility index (Phi) is 5.15. The second kappa shape index (κ2) is 7.28. The third kappa shape index (κ3) is 4.80. The molecule has 0 radical (unpaired) electrons. The van der Waals surface area contributed by atoms with Crippen molar-refractivity contribution >= 4 is 17.4 Å². The summed E-state index contributed by atoms with van der Waals surface area (Å²) in [6, 6.07) is 11.2. The summed E-state index contributed by atoms with van der Waals surface area (Å²) in [5.41, 5.74) is 8.22. The van der Waals surface area contributed by atoms with E-state index in [2.05, 4.69) is 15.6 Å². The van der Waals surface area contributed by atoms with Gasteiger partial charge in [0.2, 0.25) is 0 Å². The van der Waals surface area contributed by atoms with E-state index in [-0.39, 0.29) is 5.91 Å². The van der Waals surface area contributed by atoms with Crippen molar-refractivity contribution in [2.24, 2.45) is 0 Å². The zero-order chi connectivity index (χ0) is 15.1. The number of pyridine rings is 1. The monoisotopic (exact) mass is 284 g/mol.